The second-order valence-corrected chi connectivity index (χ2v) is 8.60. The average Bonchev–Trinajstić information content (AvgIpc) is 3.06. The van der Waals surface area contributed by atoms with Gasteiger partial charge in [0.05, 0.1) is 17.9 Å². The van der Waals surface area contributed by atoms with Crippen molar-refractivity contribution in [1.82, 2.24) is 24.6 Å². The number of likely N-dealkylation sites (N-methyl/N-ethyl adjacent to an activating group) is 1. The van der Waals surface area contributed by atoms with Crippen molar-refractivity contribution in [1.29, 1.82) is 0 Å². The molecule has 2 aliphatic rings. The van der Waals surface area contributed by atoms with Gasteiger partial charge >= 0.3 is 0 Å². The monoisotopic (exact) mass is 440 g/mol. The zero-order valence-electron chi connectivity index (χ0n) is 16.7. The van der Waals surface area contributed by atoms with Gasteiger partial charge in [0.25, 0.3) is 0 Å². The fourth-order valence-electron chi connectivity index (χ4n) is 4.05. The highest BCUT2D eigenvalue weighted by molar-refractivity contribution is 6.36. The number of benzene rings is 2. The first-order valence-corrected chi connectivity index (χ1v) is 10.8. The van der Waals surface area contributed by atoms with E-state index in [-0.39, 0.29) is 0 Å². The van der Waals surface area contributed by atoms with Crippen molar-refractivity contribution in [2.24, 2.45) is 4.99 Å². The summed E-state index contributed by atoms with van der Waals surface area (Å²) in [6, 6.07) is 13.6. The highest BCUT2D eigenvalue weighted by atomic mass is 35.5. The fourth-order valence-corrected chi connectivity index (χ4v) is 4.45. The second kappa shape index (κ2) is 8.12. The van der Waals surface area contributed by atoms with Gasteiger partial charge in [-0.25, -0.2) is 0 Å². The first-order chi connectivity index (χ1) is 14.6. The lowest BCUT2D eigenvalue weighted by Gasteiger charge is -2.32. The summed E-state index contributed by atoms with van der Waals surface area (Å²) in [6.45, 7) is 5.36. The lowest BCUT2D eigenvalue weighted by atomic mass is 10.0. The van der Waals surface area contributed by atoms with Crippen LogP contribution in [0, 0.1) is 0 Å². The van der Waals surface area contributed by atoms with Crippen molar-refractivity contribution in [3.05, 3.63) is 75.3 Å². The zero-order valence-corrected chi connectivity index (χ0v) is 18.2. The van der Waals surface area contributed by atoms with Gasteiger partial charge in [0.2, 0.25) is 0 Å². The van der Waals surface area contributed by atoms with Gasteiger partial charge in [0.1, 0.15) is 6.54 Å². The molecule has 0 saturated carbocycles. The molecule has 6 nitrogen and oxygen atoms in total. The summed E-state index contributed by atoms with van der Waals surface area (Å²) in [5, 5.41) is 10.3. The lowest BCUT2D eigenvalue weighted by molar-refractivity contribution is 0.145. The number of rotatable bonds is 3. The molecule has 3 aromatic rings. The number of aromatic nitrogens is 3. The van der Waals surface area contributed by atoms with Crippen LogP contribution in [0.15, 0.2) is 47.5 Å². The molecule has 0 aliphatic carbocycles. The Kier molecular flexibility index (Phi) is 5.33. The molecule has 0 spiro atoms. The van der Waals surface area contributed by atoms with E-state index in [1.165, 1.54) is 0 Å². The highest BCUT2D eigenvalue weighted by Gasteiger charge is 2.25. The molecule has 0 N–H and O–H groups in total. The SMILES string of the molecule is CN1CCN(Cc2nnc3n2-c2ccc(Cl)cc2C(c2ccccc2Cl)=NC3)CC1. The molecule has 0 amide bonds. The van der Waals surface area contributed by atoms with E-state index in [9.17, 15) is 0 Å². The van der Waals surface area contributed by atoms with Crippen LogP contribution < -0.4 is 0 Å². The molecule has 30 heavy (non-hydrogen) atoms. The van der Waals surface area contributed by atoms with Gasteiger partial charge in [-0.3, -0.25) is 14.5 Å². The van der Waals surface area contributed by atoms with Gasteiger partial charge in [-0.15, -0.1) is 10.2 Å². The number of nitrogens with zero attached hydrogens (tertiary/aromatic N) is 6. The van der Waals surface area contributed by atoms with Crippen molar-refractivity contribution in [3.63, 3.8) is 0 Å². The van der Waals surface area contributed by atoms with Crippen LogP contribution in [0.4, 0.5) is 0 Å². The maximum atomic E-state index is 6.52. The molecule has 1 saturated heterocycles. The van der Waals surface area contributed by atoms with Crippen LogP contribution >= 0.6 is 23.2 Å². The first-order valence-electron chi connectivity index (χ1n) is 10.0. The summed E-state index contributed by atoms with van der Waals surface area (Å²) in [4.78, 5) is 9.65. The Hall–Kier alpha value is -2.25. The standard InChI is InChI=1S/C22H22Cl2N6/c1-28-8-10-29(11-9-28)14-21-27-26-20-13-25-22(16-4-2-3-5-18(16)24)17-12-15(23)6-7-19(17)30(20)21/h2-7,12H,8-11,13-14H2,1H3. The molecule has 2 aromatic carbocycles. The van der Waals surface area contributed by atoms with E-state index in [2.05, 4.69) is 31.6 Å². The van der Waals surface area contributed by atoms with Gasteiger partial charge in [-0.2, -0.15) is 0 Å². The molecule has 3 heterocycles. The van der Waals surface area contributed by atoms with Gasteiger partial charge < -0.3 is 4.90 Å². The molecule has 154 valence electrons. The van der Waals surface area contributed by atoms with Crippen LogP contribution in [0.2, 0.25) is 10.0 Å². The van der Waals surface area contributed by atoms with Crippen molar-refractivity contribution < 1.29 is 0 Å². The molecule has 1 aromatic heterocycles. The molecule has 2 aliphatic heterocycles. The lowest BCUT2D eigenvalue weighted by Crippen LogP contribution is -2.44. The maximum absolute atomic E-state index is 6.52. The van der Waals surface area contributed by atoms with Gasteiger partial charge in [-0.05, 0) is 31.3 Å². The summed E-state index contributed by atoms with van der Waals surface area (Å²) in [6.07, 6.45) is 0. The third-order valence-electron chi connectivity index (χ3n) is 5.72. The van der Waals surface area contributed by atoms with Crippen LogP contribution in [0.1, 0.15) is 22.8 Å². The number of hydrogen-bond acceptors (Lipinski definition) is 5. The van der Waals surface area contributed by atoms with Crippen LogP contribution in [-0.4, -0.2) is 63.5 Å². The van der Waals surface area contributed by atoms with Crippen molar-refractivity contribution >= 4 is 28.9 Å². The fraction of sp³-hybridized carbons (Fsp3) is 0.318. The molecule has 0 bridgehead atoms. The summed E-state index contributed by atoms with van der Waals surface area (Å²) >= 11 is 12.9. The molecular weight excluding hydrogens is 419 g/mol. The van der Waals surface area contributed by atoms with E-state index < -0.39 is 0 Å². The summed E-state index contributed by atoms with van der Waals surface area (Å²) in [7, 11) is 2.16. The Morgan fingerprint density at radius 1 is 0.933 bits per heavy atom. The van der Waals surface area contributed by atoms with Crippen molar-refractivity contribution in [2.45, 2.75) is 13.1 Å². The largest absolute Gasteiger partial charge is 0.304 e. The van der Waals surface area contributed by atoms with E-state index in [0.29, 0.717) is 16.6 Å². The van der Waals surface area contributed by atoms with Crippen molar-refractivity contribution in [3.8, 4) is 5.69 Å². The Morgan fingerprint density at radius 3 is 2.53 bits per heavy atom. The topological polar surface area (TPSA) is 49.6 Å². The summed E-state index contributed by atoms with van der Waals surface area (Å²) in [5.41, 5.74) is 3.64. The molecule has 0 unspecified atom stereocenters. The molecule has 5 rings (SSSR count). The van der Waals surface area contributed by atoms with E-state index in [4.69, 9.17) is 28.2 Å². The van der Waals surface area contributed by atoms with E-state index in [0.717, 1.165) is 66.9 Å². The minimum absolute atomic E-state index is 0.433. The minimum Gasteiger partial charge on any atom is -0.304 e. The summed E-state index contributed by atoms with van der Waals surface area (Å²) in [5.74, 6) is 1.75. The molecule has 0 atom stereocenters. The quantitative estimate of drug-likeness (QED) is 0.623. The van der Waals surface area contributed by atoms with E-state index in [1.807, 2.05) is 42.5 Å². The van der Waals surface area contributed by atoms with Crippen LogP contribution in [-0.2, 0) is 13.1 Å². The molecule has 1 fully saturated rings. The number of fused-ring (bicyclic) bond motifs is 3. The smallest absolute Gasteiger partial charge is 0.159 e. The van der Waals surface area contributed by atoms with Gasteiger partial charge in [0.15, 0.2) is 11.6 Å². The third kappa shape index (κ3) is 3.65. The predicted octanol–water partition coefficient (Wildman–Crippen LogP) is 3.67. The number of piperazine rings is 1. The number of aliphatic imine (C=N–C) groups is 1. The second-order valence-electron chi connectivity index (χ2n) is 7.75. The maximum Gasteiger partial charge on any atom is 0.159 e. The Balaban J connectivity index is 1.59. The molecular formula is C22H22Cl2N6. The molecule has 0 radical (unpaired) electrons. The Morgan fingerprint density at radius 2 is 1.73 bits per heavy atom. The van der Waals surface area contributed by atoms with E-state index >= 15 is 0 Å². The summed E-state index contributed by atoms with van der Waals surface area (Å²) < 4.78 is 2.14. The normalized spacial score (nSPS) is 17.2. The number of halogens is 2. The van der Waals surface area contributed by atoms with Crippen LogP contribution in [0.3, 0.4) is 0 Å². The van der Waals surface area contributed by atoms with Crippen LogP contribution in [0.25, 0.3) is 5.69 Å². The average molecular weight is 441 g/mol. The van der Waals surface area contributed by atoms with Gasteiger partial charge in [0, 0.05) is 47.4 Å². The Labute approximate surface area is 185 Å². The minimum atomic E-state index is 0.433. The Bertz CT molecular complexity index is 1110. The zero-order chi connectivity index (χ0) is 20.7. The highest BCUT2D eigenvalue weighted by Crippen LogP contribution is 2.30. The first kappa shape index (κ1) is 19.7. The van der Waals surface area contributed by atoms with E-state index in [1.54, 1.807) is 0 Å². The van der Waals surface area contributed by atoms with Crippen molar-refractivity contribution in [2.75, 3.05) is 33.2 Å². The third-order valence-corrected chi connectivity index (χ3v) is 6.28. The molecule has 8 heteroatoms. The predicted molar refractivity (Wildman–Crippen MR) is 120 cm³/mol. The van der Waals surface area contributed by atoms with Crippen LogP contribution in [0.5, 0.6) is 0 Å². The number of hydrogen-bond donors (Lipinski definition) is 0. The van der Waals surface area contributed by atoms with Gasteiger partial charge in [-0.1, -0.05) is 41.4 Å².